The van der Waals surface area contributed by atoms with E-state index in [-0.39, 0.29) is 11.7 Å². The second-order valence-electron chi connectivity index (χ2n) is 5.60. The maximum Gasteiger partial charge on any atom is 0.276 e. The molecule has 0 aliphatic heterocycles. The van der Waals surface area contributed by atoms with Gasteiger partial charge in [-0.25, -0.2) is 0 Å². The third-order valence-electron chi connectivity index (χ3n) is 3.31. The molecule has 0 bridgehead atoms. The van der Waals surface area contributed by atoms with Crippen LogP contribution >= 0.6 is 39.7 Å². The summed E-state index contributed by atoms with van der Waals surface area (Å²) in [5.74, 6) is -0.548. The van der Waals surface area contributed by atoms with Gasteiger partial charge in [-0.05, 0) is 49.0 Å². The number of halogens is 2. The normalized spacial score (nSPS) is 10.4. The minimum absolute atomic E-state index is 0.0476. The Hall–Kier alpha value is -2.42. The van der Waals surface area contributed by atoms with E-state index < -0.39 is 11.8 Å². The van der Waals surface area contributed by atoms with Gasteiger partial charge in [-0.3, -0.25) is 25.8 Å². The maximum absolute atomic E-state index is 11.8. The fourth-order valence-corrected chi connectivity index (χ4v) is 2.81. The number of hydrazine groups is 1. The van der Waals surface area contributed by atoms with Gasteiger partial charge in [0, 0.05) is 10.5 Å². The van der Waals surface area contributed by atoms with Crippen molar-refractivity contribution in [3.63, 3.8) is 0 Å². The standard InChI is InChI=1S/C19H17BrClN3O3S/c1-12-2-4-13(5-3-12)6-9-17(25)22-19(28)24-23-18(26)11-27-16-8-7-14(20)10-15(16)21/h2-10H,11H2,1H3,(H,23,26)(H2,22,24,25,28). The Labute approximate surface area is 181 Å². The van der Waals surface area contributed by atoms with Crippen molar-refractivity contribution < 1.29 is 14.3 Å². The van der Waals surface area contributed by atoms with Gasteiger partial charge in [0.05, 0.1) is 5.02 Å². The summed E-state index contributed by atoms with van der Waals surface area (Å²) >= 11 is 14.2. The van der Waals surface area contributed by atoms with Crippen molar-refractivity contribution in [2.45, 2.75) is 6.92 Å². The summed E-state index contributed by atoms with van der Waals surface area (Å²) < 4.78 is 6.12. The third-order valence-corrected chi connectivity index (χ3v) is 4.30. The smallest absolute Gasteiger partial charge is 0.276 e. The van der Waals surface area contributed by atoms with Crippen molar-refractivity contribution in [1.82, 2.24) is 16.2 Å². The number of hydrogen-bond acceptors (Lipinski definition) is 4. The van der Waals surface area contributed by atoms with Crippen LogP contribution in [0.15, 0.2) is 53.0 Å². The van der Waals surface area contributed by atoms with Gasteiger partial charge < -0.3 is 4.74 Å². The van der Waals surface area contributed by atoms with Crippen molar-refractivity contribution in [2.75, 3.05) is 6.61 Å². The average molecular weight is 483 g/mol. The number of benzene rings is 2. The lowest BCUT2D eigenvalue weighted by Gasteiger charge is -2.11. The summed E-state index contributed by atoms with van der Waals surface area (Å²) in [7, 11) is 0. The van der Waals surface area contributed by atoms with Crippen LogP contribution in [0.2, 0.25) is 5.02 Å². The molecule has 9 heteroatoms. The Kier molecular flexibility index (Phi) is 8.43. The molecular formula is C19H17BrClN3O3S. The van der Waals surface area contributed by atoms with E-state index in [0.717, 1.165) is 15.6 Å². The van der Waals surface area contributed by atoms with Gasteiger partial charge in [0.15, 0.2) is 11.7 Å². The van der Waals surface area contributed by atoms with Crippen LogP contribution in [-0.2, 0) is 9.59 Å². The summed E-state index contributed by atoms with van der Waals surface area (Å²) in [4.78, 5) is 23.6. The zero-order chi connectivity index (χ0) is 20.5. The Bertz CT molecular complexity index is 904. The van der Waals surface area contributed by atoms with Crippen molar-refractivity contribution in [1.29, 1.82) is 0 Å². The van der Waals surface area contributed by atoms with E-state index in [1.807, 2.05) is 31.2 Å². The number of carbonyl (C=O) groups is 2. The first-order chi connectivity index (χ1) is 13.3. The highest BCUT2D eigenvalue weighted by Crippen LogP contribution is 2.27. The minimum Gasteiger partial charge on any atom is -0.482 e. The molecule has 0 saturated carbocycles. The molecule has 0 aliphatic carbocycles. The number of aryl methyl sites for hydroxylation is 1. The van der Waals surface area contributed by atoms with Crippen molar-refractivity contribution in [3.8, 4) is 5.75 Å². The largest absolute Gasteiger partial charge is 0.482 e. The zero-order valence-electron chi connectivity index (χ0n) is 14.8. The van der Waals surface area contributed by atoms with Crippen LogP contribution in [-0.4, -0.2) is 23.5 Å². The van der Waals surface area contributed by atoms with Gasteiger partial charge in [-0.1, -0.05) is 57.4 Å². The summed E-state index contributed by atoms with van der Waals surface area (Å²) in [6.07, 6.45) is 3.00. The van der Waals surface area contributed by atoms with Crippen molar-refractivity contribution in [2.24, 2.45) is 0 Å². The highest BCUT2D eigenvalue weighted by Gasteiger charge is 2.07. The third kappa shape index (κ3) is 7.67. The lowest BCUT2D eigenvalue weighted by atomic mass is 10.1. The summed E-state index contributed by atoms with van der Waals surface area (Å²) in [5.41, 5.74) is 6.77. The van der Waals surface area contributed by atoms with Gasteiger partial charge in [-0.2, -0.15) is 0 Å². The van der Waals surface area contributed by atoms with Crippen LogP contribution < -0.4 is 20.9 Å². The van der Waals surface area contributed by atoms with Crippen molar-refractivity contribution >= 4 is 62.8 Å². The Balaban J connectivity index is 1.71. The molecule has 2 aromatic rings. The lowest BCUT2D eigenvalue weighted by Crippen LogP contribution is -2.49. The van der Waals surface area contributed by atoms with Crippen LogP contribution in [0, 0.1) is 6.92 Å². The van der Waals surface area contributed by atoms with Crippen molar-refractivity contribution in [3.05, 3.63) is 69.2 Å². The Morgan fingerprint density at radius 2 is 1.89 bits per heavy atom. The van der Waals surface area contributed by atoms with Gasteiger partial charge in [0.2, 0.25) is 5.91 Å². The Morgan fingerprint density at radius 3 is 2.57 bits per heavy atom. The quantitative estimate of drug-likeness (QED) is 0.345. The molecule has 0 fully saturated rings. The molecular weight excluding hydrogens is 466 g/mol. The Morgan fingerprint density at radius 1 is 1.18 bits per heavy atom. The molecule has 0 heterocycles. The number of rotatable bonds is 5. The average Bonchev–Trinajstić information content (AvgIpc) is 2.65. The van der Waals surface area contributed by atoms with E-state index >= 15 is 0 Å². The number of amides is 2. The monoisotopic (exact) mass is 481 g/mol. The number of carbonyl (C=O) groups excluding carboxylic acids is 2. The number of thiocarbonyl (C=S) groups is 1. The zero-order valence-corrected chi connectivity index (χ0v) is 18.0. The molecule has 3 N–H and O–H groups in total. The fourth-order valence-electron chi connectivity index (χ4n) is 1.93. The summed E-state index contributed by atoms with van der Waals surface area (Å²) in [6, 6.07) is 12.7. The predicted molar refractivity (Wildman–Crippen MR) is 117 cm³/mol. The lowest BCUT2D eigenvalue weighted by molar-refractivity contribution is -0.123. The topological polar surface area (TPSA) is 79.5 Å². The first-order valence-corrected chi connectivity index (χ1v) is 9.64. The molecule has 0 atom stereocenters. The molecule has 0 spiro atoms. The second kappa shape index (κ2) is 10.8. The van der Waals surface area contributed by atoms with E-state index in [0.29, 0.717) is 10.8 Å². The molecule has 2 amide bonds. The van der Waals surface area contributed by atoms with E-state index in [9.17, 15) is 9.59 Å². The molecule has 0 saturated heterocycles. The number of ether oxygens (including phenoxy) is 1. The van der Waals surface area contributed by atoms with Crippen LogP contribution in [0.4, 0.5) is 0 Å². The molecule has 28 heavy (non-hydrogen) atoms. The summed E-state index contributed by atoms with van der Waals surface area (Å²) in [6.45, 7) is 1.70. The van der Waals surface area contributed by atoms with E-state index in [1.165, 1.54) is 6.08 Å². The molecule has 0 aliphatic rings. The highest BCUT2D eigenvalue weighted by atomic mass is 79.9. The highest BCUT2D eigenvalue weighted by molar-refractivity contribution is 9.10. The van der Waals surface area contributed by atoms with Crippen LogP contribution in [0.1, 0.15) is 11.1 Å². The number of hydrogen-bond donors (Lipinski definition) is 3. The van der Waals surface area contributed by atoms with Crippen LogP contribution in [0.5, 0.6) is 5.75 Å². The van der Waals surface area contributed by atoms with E-state index in [1.54, 1.807) is 24.3 Å². The molecule has 6 nitrogen and oxygen atoms in total. The first-order valence-electron chi connectivity index (χ1n) is 8.06. The van der Waals surface area contributed by atoms with Gasteiger partial charge in [-0.15, -0.1) is 0 Å². The second-order valence-corrected chi connectivity index (χ2v) is 7.33. The molecule has 0 radical (unpaired) electrons. The van der Waals surface area contributed by atoms with Gasteiger partial charge in [0.1, 0.15) is 5.75 Å². The maximum atomic E-state index is 11.8. The molecule has 0 aromatic heterocycles. The van der Waals surface area contributed by atoms with E-state index in [4.69, 9.17) is 28.6 Å². The van der Waals surface area contributed by atoms with E-state index in [2.05, 4.69) is 32.1 Å². The van der Waals surface area contributed by atoms with Crippen LogP contribution in [0.25, 0.3) is 6.08 Å². The van der Waals surface area contributed by atoms with Gasteiger partial charge >= 0.3 is 0 Å². The SMILES string of the molecule is Cc1ccc(C=CC(=O)NC(=S)NNC(=O)COc2ccc(Br)cc2Cl)cc1. The molecule has 2 rings (SSSR count). The predicted octanol–water partition coefficient (Wildman–Crippen LogP) is 3.53. The minimum atomic E-state index is -0.495. The van der Waals surface area contributed by atoms with Gasteiger partial charge in [0.25, 0.3) is 5.91 Å². The fraction of sp³-hybridized carbons (Fsp3) is 0.105. The van der Waals surface area contributed by atoms with Crippen LogP contribution in [0.3, 0.4) is 0 Å². The first kappa shape index (κ1) is 21.9. The molecule has 0 unspecified atom stereocenters. The number of nitrogens with one attached hydrogen (secondary N) is 3. The summed E-state index contributed by atoms with van der Waals surface area (Å²) in [5, 5.41) is 2.74. The molecule has 2 aromatic carbocycles. The molecule has 146 valence electrons.